The van der Waals surface area contributed by atoms with Crippen LogP contribution < -0.4 is 5.32 Å². The van der Waals surface area contributed by atoms with Gasteiger partial charge in [0.15, 0.2) is 0 Å². The Morgan fingerprint density at radius 3 is 1.86 bits per heavy atom. The lowest BCUT2D eigenvalue weighted by Gasteiger charge is -2.33. The van der Waals surface area contributed by atoms with Crippen molar-refractivity contribution in [2.75, 3.05) is 11.9 Å². The Bertz CT molecular complexity index is 2060. The quantitative estimate of drug-likeness (QED) is 0.0971. The van der Waals surface area contributed by atoms with Crippen LogP contribution in [0.1, 0.15) is 85.5 Å². The highest BCUT2D eigenvalue weighted by atomic mass is 16.2. The molecule has 0 radical (unpaired) electrons. The van der Waals surface area contributed by atoms with Crippen molar-refractivity contribution >= 4 is 46.1 Å². The molecule has 9 nitrogen and oxygen atoms in total. The second kappa shape index (κ2) is 14.9. The molecule has 0 bridgehead atoms. The second-order valence-electron chi connectivity index (χ2n) is 13.1. The van der Waals surface area contributed by atoms with Gasteiger partial charge in [0, 0.05) is 18.1 Å². The SMILES string of the molecule is O=C(Nc1cccc2cccnc12)[C@H]([C@H](CCCCCN1C(=O)c2ccccc2C1=O)CCCc1ccccc1)N1C(=O)c2ccccc2C1=O. The molecule has 3 heterocycles. The first kappa shape index (κ1) is 33.5. The molecule has 1 N–H and O–H groups in total. The van der Waals surface area contributed by atoms with Crippen LogP contribution in [0.5, 0.6) is 0 Å². The molecule has 0 unspecified atom stereocenters. The van der Waals surface area contributed by atoms with Gasteiger partial charge in [0.2, 0.25) is 5.91 Å². The number of fused-ring (bicyclic) bond motifs is 3. The summed E-state index contributed by atoms with van der Waals surface area (Å²) in [7, 11) is 0. The van der Waals surface area contributed by atoms with Gasteiger partial charge in [0.1, 0.15) is 6.04 Å². The molecule has 4 aromatic carbocycles. The number of nitrogens with one attached hydrogen (secondary N) is 1. The molecule has 5 aromatic rings. The fraction of sp³-hybridized carbons (Fsp3) is 0.238. The summed E-state index contributed by atoms with van der Waals surface area (Å²) >= 11 is 0. The summed E-state index contributed by atoms with van der Waals surface area (Å²) in [5.74, 6) is -2.33. The number of pyridine rings is 1. The lowest BCUT2D eigenvalue weighted by Crippen LogP contribution is -2.51. The smallest absolute Gasteiger partial charge is 0.262 e. The van der Waals surface area contributed by atoms with Gasteiger partial charge in [-0.25, -0.2) is 0 Å². The minimum absolute atomic E-state index is 0.278. The number of imide groups is 2. The molecule has 0 saturated carbocycles. The molecular formula is C42H38N4O5. The first-order valence-electron chi connectivity index (χ1n) is 17.5. The number of aryl methyl sites for hydroxylation is 1. The zero-order valence-electron chi connectivity index (χ0n) is 28.2. The topological polar surface area (TPSA) is 117 Å². The number of aromatic nitrogens is 1. The summed E-state index contributed by atoms with van der Waals surface area (Å²) in [6, 6.07) is 31.8. The van der Waals surface area contributed by atoms with Crippen LogP contribution in [-0.2, 0) is 11.2 Å². The molecule has 0 spiro atoms. The number of anilines is 1. The third kappa shape index (κ3) is 6.79. The number of benzene rings is 4. The number of nitrogens with zero attached hydrogens (tertiary/aromatic N) is 3. The van der Waals surface area contributed by atoms with Crippen molar-refractivity contribution in [2.24, 2.45) is 5.92 Å². The monoisotopic (exact) mass is 678 g/mol. The fourth-order valence-corrected chi connectivity index (χ4v) is 7.38. The van der Waals surface area contributed by atoms with Crippen molar-refractivity contribution < 1.29 is 24.0 Å². The normalized spacial score (nSPS) is 14.9. The molecule has 51 heavy (non-hydrogen) atoms. The van der Waals surface area contributed by atoms with E-state index in [0.29, 0.717) is 61.0 Å². The van der Waals surface area contributed by atoms with E-state index in [2.05, 4.69) is 22.4 Å². The highest BCUT2D eigenvalue weighted by molar-refractivity contribution is 6.23. The van der Waals surface area contributed by atoms with Crippen molar-refractivity contribution in [1.82, 2.24) is 14.8 Å². The predicted octanol–water partition coefficient (Wildman–Crippen LogP) is 7.33. The lowest BCUT2D eigenvalue weighted by molar-refractivity contribution is -0.121. The van der Waals surface area contributed by atoms with Gasteiger partial charge >= 0.3 is 0 Å². The van der Waals surface area contributed by atoms with E-state index >= 15 is 0 Å². The Morgan fingerprint density at radius 1 is 0.608 bits per heavy atom. The van der Waals surface area contributed by atoms with E-state index in [1.807, 2.05) is 42.5 Å². The zero-order chi connectivity index (χ0) is 35.3. The molecular weight excluding hydrogens is 640 g/mol. The third-order valence-corrected chi connectivity index (χ3v) is 9.93. The maximum Gasteiger partial charge on any atom is 0.262 e. The van der Waals surface area contributed by atoms with E-state index in [-0.39, 0.29) is 28.9 Å². The van der Waals surface area contributed by atoms with Gasteiger partial charge in [-0.15, -0.1) is 0 Å². The standard InChI is InChI=1S/C42H38N4O5/c47-38(44-35-25-12-18-29-20-13-26-43-36(29)35)37(46-41(50)33-23-8-9-24-34(33)42(46)51)30(19-11-16-28-14-3-1-4-15-28)17-5-2-10-27-45-39(48)31-21-6-7-22-32(31)40(45)49/h1,3-4,6-9,12-15,18,20-26,30,37H,2,5,10-11,16-17,19,27H2,(H,44,47)/t30-,37+/m1/s1. The van der Waals surface area contributed by atoms with Gasteiger partial charge in [0.05, 0.1) is 33.5 Å². The van der Waals surface area contributed by atoms with Crippen LogP contribution in [0.4, 0.5) is 5.69 Å². The van der Waals surface area contributed by atoms with Crippen molar-refractivity contribution in [3.8, 4) is 0 Å². The van der Waals surface area contributed by atoms with E-state index in [0.717, 1.165) is 23.1 Å². The Morgan fingerprint density at radius 2 is 1.20 bits per heavy atom. The van der Waals surface area contributed by atoms with E-state index in [9.17, 15) is 24.0 Å². The van der Waals surface area contributed by atoms with E-state index < -0.39 is 23.8 Å². The van der Waals surface area contributed by atoms with Crippen molar-refractivity contribution in [1.29, 1.82) is 0 Å². The molecule has 0 fully saturated rings. The Labute approximate surface area is 296 Å². The summed E-state index contributed by atoms with van der Waals surface area (Å²) in [6.07, 6.45) is 6.27. The number of para-hydroxylation sites is 1. The van der Waals surface area contributed by atoms with Crippen LogP contribution in [-0.4, -0.2) is 56.9 Å². The number of amides is 5. The highest BCUT2D eigenvalue weighted by Gasteiger charge is 2.46. The van der Waals surface area contributed by atoms with Crippen LogP contribution in [0.3, 0.4) is 0 Å². The Balaban J connectivity index is 1.13. The molecule has 7 rings (SSSR count). The molecule has 0 saturated heterocycles. The fourth-order valence-electron chi connectivity index (χ4n) is 7.38. The number of hydrogen-bond acceptors (Lipinski definition) is 6. The zero-order valence-corrected chi connectivity index (χ0v) is 28.2. The second-order valence-corrected chi connectivity index (χ2v) is 13.1. The van der Waals surface area contributed by atoms with E-state index in [1.54, 1.807) is 60.8 Å². The van der Waals surface area contributed by atoms with Crippen molar-refractivity contribution in [3.05, 3.63) is 143 Å². The largest absolute Gasteiger partial charge is 0.322 e. The number of rotatable bonds is 14. The van der Waals surface area contributed by atoms with E-state index in [1.165, 1.54) is 10.5 Å². The molecule has 0 aliphatic carbocycles. The first-order valence-corrected chi connectivity index (χ1v) is 17.5. The Kier molecular flexibility index (Phi) is 9.78. The summed E-state index contributed by atoms with van der Waals surface area (Å²) in [5.41, 5.74) is 3.72. The summed E-state index contributed by atoms with van der Waals surface area (Å²) in [5, 5.41) is 3.90. The van der Waals surface area contributed by atoms with Gasteiger partial charge in [-0.3, -0.25) is 38.8 Å². The molecule has 9 heteroatoms. The van der Waals surface area contributed by atoms with Crippen molar-refractivity contribution in [2.45, 2.75) is 51.0 Å². The van der Waals surface area contributed by atoms with Gasteiger partial charge in [0.25, 0.3) is 23.6 Å². The van der Waals surface area contributed by atoms with Crippen LogP contribution in [0.25, 0.3) is 10.9 Å². The van der Waals surface area contributed by atoms with Crippen LogP contribution in [0.2, 0.25) is 0 Å². The number of carbonyl (C=O) groups is 5. The van der Waals surface area contributed by atoms with Crippen LogP contribution in [0.15, 0.2) is 115 Å². The maximum absolute atomic E-state index is 14.5. The maximum atomic E-state index is 14.5. The lowest BCUT2D eigenvalue weighted by atomic mass is 9.86. The summed E-state index contributed by atoms with van der Waals surface area (Å²) in [6.45, 7) is 0.293. The molecule has 2 aliphatic rings. The molecule has 5 amide bonds. The molecule has 1 aromatic heterocycles. The minimum atomic E-state index is -1.08. The summed E-state index contributed by atoms with van der Waals surface area (Å²) in [4.78, 5) is 75.2. The van der Waals surface area contributed by atoms with Gasteiger partial charge in [-0.1, -0.05) is 85.6 Å². The van der Waals surface area contributed by atoms with Crippen molar-refractivity contribution in [3.63, 3.8) is 0 Å². The van der Waals surface area contributed by atoms with Crippen LogP contribution in [0, 0.1) is 5.92 Å². The van der Waals surface area contributed by atoms with Gasteiger partial charge < -0.3 is 5.32 Å². The molecule has 2 aliphatic heterocycles. The number of hydrogen-bond donors (Lipinski definition) is 1. The van der Waals surface area contributed by atoms with Crippen LogP contribution >= 0.6 is 0 Å². The molecule has 256 valence electrons. The first-order chi connectivity index (χ1) is 24.9. The molecule has 2 atom stereocenters. The van der Waals surface area contributed by atoms with Gasteiger partial charge in [-0.2, -0.15) is 0 Å². The van der Waals surface area contributed by atoms with E-state index in [4.69, 9.17) is 0 Å². The predicted molar refractivity (Wildman–Crippen MR) is 194 cm³/mol. The number of carbonyl (C=O) groups excluding carboxylic acids is 5. The summed E-state index contributed by atoms with van der Waals surface area (Å²) < 4.78 is 0. The third-order valence-electron chi connectivity index (χ3n) is 9.93. The average molecular weight is 679 g/mol. The highest BCUT2D eigenvalue weighted by Crippen LogP contribution is 2.33. The van der Waals surface area contributed by atoms with Gasteiger partial charge in [-0.05, 0) is 80.0 Å². The Hall–Kier alpha value is -5.96. The minimum Gasteiger partial charge on any atom is -0.322 e. The number of unbranched alkanes of at least 4 members (excludes halogenated alkanes) is 2. The average Bonchev–Trinajstić information content (AvgIpc) is 3.55.